The van der Waals surface area contributed by atoms with Crippen LogP contribution in [0.1, 0.15) is 31.9 Å². The van der Waals surface area contributed by atoms with Crippen molar-refractivity contribution in [3.63, 3.8) is 0 Å². The number of aromatic nitrogens is 2. The Labute approximate surface area is 114 Å². The topological polar surface area (TPSA) is 39.1 Å². The number of rotatable bonds is 6. The summed E-state index contributed by atoms with van der Waals surface area (Å²) in [6.45, 7) is 5.17. The Hall–Kier alpha value is -1.81. The van der Waals surface area contributed by atoms with E-state index in [1.807, 2.05) is 30.1 Å². The van der Waals surface area contributed by atoms with Gasteiger partial charge in [0.05, 0.1) is 12.4 Å². The number of aryl methyl sites for hydroxylation is 1. The summed E-state index contributed by atoms with van der Waals surface area (Å²) in [6, 6.07) is 8.43. The van der Waals surface area contributed by atoms with Gasteiger partial charge in [-0.25, -0.2) is 0 Å². The highest BCUT2D eigenvalue weighted by atomic mass is 16.5. The molecule has 1 N–H and O–H groups in total. The number of nitrogens with one attached hydrogen (secondary N) is 1. The van der Waals surface area contributed by atoms with E-state index in [9.17, 15) is 0 Å². The number of hydrogen-bond acceptors (Lipinski definition) is 3. The summed E-state index contributed by atoms with van der Waals surface area (Å²) in [5.41, 5.74) is 1.21. The minimum absolute atomic E-state index is 0.311. The van der Waals surface area contributed by atoms with Crippen molar-refractivity contribution in [2.45, 2.75) is 32.9 Å². The van der Waals surface area contributed by atoms with Gasteiger partial charge < -0.3 is 10.1 Å². The molecule has 0 aliphatic heterocycles. The summed E-state index contributed by atoms with van der Waals surface area (Å²) in [6.07, 6.45) is 4.75. The van der Waals surface area contributed by atoms with Crippen LogP contribution < -0.4 is 10.1 Å². The molecule has 1 aromatic carbocycles. The largest absolute Gasteiger partial charge is 0.454 e. The minimum Gasteiger partial charge on any atom is -0.454 e. The zero-order valence-corrected chi connectivity index (χ0v) is 11.8. The summed E-state index contributed by atoms with van der Waals surface area (Å²) in [4.78, 5) is 0. The van der Waals surface area contributed by atoms with Crippen molar-refractivity contribution in [2.75, 3.05) is 7.05 Å². The molecule has 4 heteroatoms. The molecule has 2 rings (SSSR count). The zero-order chi connectivity index (χ0) is 13.7. The molecule has 2 aromatic rings. The summed E-state index contributed by atoms with van der Waals surface area (Å²) in [5, 5.41) is 7.48. The monoisotopic (exact) mass is 259 g/mol. The molecule has 19 heavy (non-hydrogen) atoms. The molecule has 0 aliphatic carbocycles. The molecule has 0 amide bonds. The third-order valence-corrected chi connectivity index (χ3v) is 3.09. The van der Waals surface area contributed by atoms with E-state index < -0.39 is 0 Å². The lowest BCUT2D eigenvalue weighted by Crippen LogP contribution is -2.11. The maximum Gasteiger partial charge on any atom is 0.165 e. The van der Waals surface area contributed by atoms with Crippen molar-refractivity contribution < 1.29 is 4.74 Å². The third-order valence-electron chi connectivity index (χ3n) is 3.09. The normalized spacial score (nSPS) is 12.4. The van der Waals surface area contributed by atoms with Gasteiger partial charge in [-0.05, 0) is 38.1 Å². The number of ether oxygens (including phenoxy) is 1. The fourth-order valence-electron chi connectivity index (χ4n) is 1.90. The van der Waals surface area contributed by atoms with Crippen LogP contribution in [0.15, 0.2) is 36.7 Å². The van der Waals surface area contributed by atoms with E-state index in [1.165, 1.54) is 5.56 Å². The highest BCUT2D eigenvalue weighted by molar-refractivity contribution is 5.33. The fraction of sp³-hybridized carbons (Fsp3) is 0.400. The predicted molar refractivity (Wildman–Crippen MR) is 76.5 cm³/mol. The van der Waals surface area contributed by atoms with E-state index in [2.05, 4.69) is 36.4 Å². The first-order valence-corrected chi connectivity index (χ1v) is 6.70. The number of nitrogens with zero attached hydrogens (tertiary/aromatic N) is 2. The second-order valence-electron chi connectivity index (χ2n) is 4.62. The molecule has 102 valence electrons. The van der Waals surface area contributed by atoms with Crippen LogP contribution in [0, 0.1) is 0 Å². The lowest BCUT2D eigenvalue weighted by atomic mass is 10.1. The van der Waals surface area contributed by atoms with Crippen LogP contribution in [0.2, 0.25) is 0 Å². The van der Waals surface area contributed by atoms with E-state index in [0.717, 1.165) is 24.5 Å². The highest BCUT2D eigenvalue weighted by Crippen LogP contribution is 2.24. The zero-order valence-electron chi connectivity index (χ0n) is 11.8. The van der Waals surface area contributed by atoms with E-state index in [4.69, 9.17) is 4.74 Å². The van der Waals surface area contributed by atoms with Crippen molar-refractivity contribution in [2.24, 2.45) is 0 Å². The predicted octanol–water partition coefficient (Wildman–Crippen LogP) is 3.37. The second-order valence-corrected chi connectivity index (χ2v) is 4.62. The Kier molecular flexibility index (Phi) is 4.58. The van der Waals surface area contributed by atoms with Gasteiger partial charge in [0.15, 0.2) is 5.75 Å². The quantitative estimate of drug-likeness (QED) is 0.864. The smallest absolute Gasteiger partial charge is 0.165 e. The van der Waals surface area contributed by atoms with Gasteiger partial charge in [0.25, 0.3) is 0 Å². The lowest BCUT2D eigenvalue weighted by molar-refractivity contribution is 0.478. The van der Waals surface area contributed by atoms with Gasteiger partial charge in [0.2, 0.25) is 0 Å². The molecule has 0 bridgehead atoms. The Bertz CT molecular complexity index is 522. The third kappa shape index (κ3) is 3.58. The molecular formula is C15H21N3O. The van der Waals surface area contributed by atoms with Gasteiger partial charge in [-0.15, -0.1) is 0 Å². The Morgan fingerprint density at radius 1 is 1.37 bits per heavy atom. The minimum atomic E-state index is 0.311. The molecule has 4 nitrogen and oxygen atoms in total. The average molecular weight is 259 g/mol. The maximum atomic E-state index is 5.83. The van der Waals surface area contributed by atoms with Gasteiger partial charge in [-0.3, -0.25) is 4.68 Å². The fourth-order valence-corrected chi connectivity index (χ4v) is 1.90. The average Bonchev–Trinajstić information content (AvgIpc) is 2.86. The van der Waals surface area contributed by atoms with Gasteiger partial charge in [0.1, 0.15) is 5.75 Å². The maximum absolute atomic E-state index is 5.83. The van der Waals surface area contributed by atoms with E-state index in [1.54, 1.807) is 6.20 Å². The van der Waals surface area contributed by atoms with Crippen molar-refractivity contribution in [3.05, 3.63) is 42.2 Å². The molecular weight excluding hydrogens is 238 g/mol. The summed E-state index contributed by atoms with van der Waals surface area (Å²) >= 11 is 0. The van der Waals surface area contributed by atoms with Crippen LogP contribution in [0.25, 0.3) is 0 Å². The molecule has 0 radical (unpaired) electrons. The van der Waals surface area contributed by atoms with Gasteiger partial charge >= 0.3 is 0 Å². The summed E-state index contributed by atoms with van der Waals surface area (Å²) < 4.78 is 7.73. The van der Waals surface area contributed by atoms with E-state index in [0.29, 0.717) is 6.04 Å². The molecule has 1 atom stereocenters. The molecule has 0 aliphatic rings. The Balaban J connectivity index is 2.09. The van der Waals surface area contributed by atoms with Gasteiger partial charge in [-0.2, -0.15) is 5.10 Å². The number of hydrogen-bond donors (Lipinski definition) is 1. The molecule has 0 spiro atoms. The first-order valence-electron chi connectivity index (χ1n) is 6.70. The Morgan fingerprint density at radius 2 is 2.21 bits per heavy atom. The van der Waals surface area contributed by atoms with E-state index >= 15 is 0 Å². The first-order chi connectivity index (χ1) is 9.22. The summed E-state index contributed by atoms with van der Waals surface area (Å²) in [7, 11) is 1.95. The van der Waals surface area contributed by atoms with Crippen LogP contribution in [0.3, 0.4) is 0 Å². The molecule has 1 aromatic heterocycles. The second kappa shape index (κ2) is 6.38. The molecule has 1 unspecified atom stereocenters. The molecule has 0 fully saturated rings. The molecule has 1 heterocycles. The van der Waals surface area contributed by atoms with Crippen LogP contribution >= 0.6 is 0 Å². The van der Waals surface area contributed by atoms with Crippen LogP contribution in [0.4, 0.5) is 0 Å². The van der Waals surface area contributed by atoms with Crippen LogP contribution in [-0.4, -0.2) is 16.8 Å². The van der Waals surface area contributed by atoms with Gasteiger partial charge in [0, 0.05) is 12.6 Å². The Morgan fingerprint density at radius 3 is 2.95 bits per heavy atom. The molecule has 0 saturated heterocycles. The van der Waals surface area contributed by atoms with E-state index in [-0.39, 0.29) is 0 Å². The lowest BCUT2D eigenvalue weighted by Gasteiger charge is -2.11. The van der Waals surface area contributed by atoms with Gasteiger partial charge in [-0.1, -0.05) is 19.1 Å². The van der Waals surface area contributed by atoms with Crippen LogP contribution in [0.5, 0.6) is 11.5 Å². The van der Waals surface area contributed by atoms with Crippen molar-refractivity contribution in [3.8, 4) is 11.5 Å². The SMILES string of the molecule is CCCn1cc(Oc2cccc(C(C)NC)c2)cn1. The van der Waals surface area contributed by atoms with Crippen LogP contribution in [-0.2, 0) is 6.54 Å². The van der Waals surface area contributed by atoms with Crippen molar-refractivity contribution >= 4 is 0 Å². The number of benzene rings is 1. The summed E-state index contributed by atoms with van der Waals surface area (Å²) in [5.74, 6) is 1.62. The highest BCUT2D eigenvalue weighted by Gasteiger charge is 2.05. The standard InChI is InChI=1S/C15H21N3O/c1-4-8-18-11-15(10-17-18)19-14-7-5-6-13(9-14)12(2)16-3/h5-7,9-12,16H,4,8H2,1-3H3. The van der Waals surface area contributed by atoms with Crippen molar-refractivity contribution in [1.29, 1.82) is 0 Å². The van der Waals surface area contributed by atoms with Crippen molar-refractivity contribution in [1.82, 2.24) is 15.1 Å². The first kappa shape index (κ1) is 13.6. The molecule has 0 saturated carbocycles.